The second-order valence-corrected chi connectivity index (χ2v) is 4.78. The summed E-state index contributed by atoms with van der Waals surface area (Å²) in [4.78, 5) is 4.33. The van der Waals surface area contributed by atoms with Gasteiger partial charge in [0.2, 0.25) is 5.95 Å². The SMILES string of the molecule is COc1ccccc1CNc1nncc(Nc2cc(C)on2)n1. The van der Waals surface area contributed by atoms with Gasteiger partial charge >= 0.3 is 0 Å². The lowest BCUT2D eigenvalue weighted by Gasteiger charge is -2.09. The zero-order chi connectivity index (χ0) is 16.1. The molecule has 0 bridgehead atoms. The Morgan fingerprint density at radius 1 is 1.22 bits per heavy atom. The predicted molar refractivity (Wildman–Crippen MR) is 84.7 cm³/mol. The Hall–Kier alpha value is -3.16. The molecule has 0 amide bonds. The summed E-state index contributed by atoms with van der Waals surface area (Å²) in [6.45, 7) is 2.34. The van der Waals surface area contributed by atoms with E-state index < -0.39 is 0 Å². The van der Waals surface area contributed by atoms with E-state index in [2.05, 4.69) is 31.0 Å². The third kappa shape index (κ3) is 3.73. The summed E-state index contributed by atoms with van der Waals surface area (Å²) >= 11 is 0. The van der Waals surface area contributed by atoms with Crippen LogP contribution in [0.5, 0.6) is 5.75 Å². The van der Waals surface area contributed by atoms with E-state index >= 15 is 0 Å². The molecule has 118 valence electrons. The number of ether oxygens (including phenoxy) is 1. The van der Waals surface area contributed by atoms with Crippen LogP contribution in [0.3, 0.4) is 0 Å². The van der Waals surface area contributed by atoms with E-state index in [1.165, 1.54) is 6.20 Å². The summed E-state index contributed by atoms with van der Waals surface area (Å²) in [5.41, 5.74) is 1.00. The number of nitrogens with one attached hydrogen (secondary N) is 2. The summed E-state index contributed by atoms with van der Waals surface area (Å²) in [5, 5.41) is 17.8. The molecule has 0 aliphatic heterocycles. The van der Waals surface area contributed by atoms with Gasteiger partial charge < -0.3 is 19.9 Å². The maximum Gasteiger partial charge on any atom is 0.244 e. The Morgan fingerprint density at radius 3 is 2.87 bits per heavy atom. The Balaban J connectivity index is 1.68. The van der Waals surface area contributed by atoms with Crippen LogP contribution in [0.25, 0.3) is 0 Å². The van der Waals surface area contributed by atoms with Crippen molar-refractivity contribution in [2.75, 3.05) is 17.7 Å². The van der Waals surface area contributed by atoms with E-state index in [1.54, 1.807) is 13.2 Å². The van der Waals surface area contributed by atoms with Crippen LogP contribution in [0, 0.1) is 6.92 Å². The number of aryl methyl sites for hydroxylation is 1. The molecule has 0 saturated carbocycles. The zero-order valence-electron chi connectivity index (χ0n) is 12.8. The predicted octanol–water partition coefficient (Wildman–Crippen LogP) is 2.53. The molecule has 2 heterocycles. The van der Waals surface area contributed by atoms with Gasteiger partial charge in [0.05, 0.1) is 13.3 Å². The lowest BCUT2D eigenvalue weighted by molar-refractivity contribution is 0.400. The summed E-state index contributed by atoms with van der Waals surface area (Å²) in [6.07, 6.45) is 1.51. The smallest absolute Gasteiger partial charge is 0.244 e. The minimum absolute atomic E-state index is 0.404. The highest BCUT2D eigenvalue weighted by Crippen LogP contribution is 2.18. The van der Waals surface area contributed by atoms with Crippen molar-refractivity contribution in [3.05, 3.63) is 47.9 Å². The molecule has 0 radical (unpaired) electrons. The van der Waals surface area contributed by atoms with E-state index in [0.717, 1.165) is 11.3 Å². The summed E-state index contributed by atoms with van der Waals surface area (Å²) in [5.74, 6) is 3.01. The molecule has 0 unspecified atom stereocenters. The van der Waals surface area contributed by atoms with Gasteiger partial charge in [-0.3, -0.25) is 0 Å². The first kappa shape index (κ1) is 14.8. The molecular formula is C15H16N6O2. The molecule has 3 aromatic rings. The summed E-state index contributed by atoms with van der Waals surface area (Å²) in [6, 6.07) is 9.51. The fourth-order valence-corrected chi connectivity index (χ4v) is 2.02. The van der Waals surface area contributed by atoms with Gasteiger partial charge in [-0.1, -0.05) is 23.4 Å². The second kappa shape index (κ2) is 6.73. The highest BCUT2D eigenvalue weighted by atomic mass is 16.5. The molecule has 0 aliphatic carbocycles. The van der Waals surface area contributed by atoms with Crippen molar-refractivity contribution in [3.63, 3.8) is 0 Å². The van der Waals surface area contributed by atoms with Crippen LogP contribution in [0.2, 0.25) is 0 Å². The number of hydrogen-bond donors (Lipinski definition) is 2. The fourth-order valence-electron chi connectivity index (χ4n) is 2.02. The third-order valence-corrected chi connectivity index (χ3v) is 3.07. The van der Waals surface area contributed by atoms with Crippen LogP contribution >= 0.6 is 0 Å². The van der Waals surface area contributed by atoms with Crippen LogP contribution in [-0.2, 0) is 6.54 Å². The average molecular weight is 312 g/mol. The minimum Gasteiger partial charge on any atom is -0.496 e. The van der Waals surface area contributed by atoms with Gasteiger partial charge in [0.25, 0.3) is 0 Å². The van der Waals surface area contributed by atoms with Crippen LogP contribution in [0.15, 0.2) is 41.1 Å². The van der Waals surface area contributed by atoms with Crippen molar-refractivity contribution in [2.45, 2.75) is 13.5 Å². The molecule has 1 aromatic carbocycles. The number of rotatable bonds is 6. The van der Waals surface area contributed by atoms with Gasteiger partial charge in [-0.25, -0.2) is 0 Å². The highest BCUT2D eigenvalue weighted by molar-refractivity contribution is 5.51. The van der Waals surface area contributed by atoms with Gasteiger partial charge in [0.1, 0.15) is 11.5 Å². The van der Waals surface area contributed by atoms with E-state index in [-0.39, 0.29) is 0 Å². The number of para-hydroxylation sites is 1. The van der Waals surface area contributed by atoms with E-state index in [0.29, 0.717) is 29.9 Å². The lowest BCUT2D eigenvalue weighted by atomic mass is 10.2. The second-order valence-electron chi connectivity index (χ2n) is 4.78. The van der Waals surface area contributed by atoms with Crippen molar-refractivity contribution < 1.29 is 9.26 Å². The number of anilines is 3. The molecule has 0 fully saturated rings. The highest BCUT2D eigenvalue weighted by Gasteiger charge is 2.06. The van der Waals surface area contributed by atoms with Crippen molar-refractivity contribution in [2.24, 2.45) is 0 Å². The minimum atomic E-state index is 0.404. The number of aromatic nitrogens is 4. The van der Waals surface area contributed by atoms with Gasteiger partial charge in [0.15, 0.2) is 11.6 Å². The lowest BCUT2D eigenvalue weighted by Crippen LogP contribution is -2.07. The molecule has 8 nitrogen and oxygen atoms in total. The molecule has 3 rings (SSSR count). The van der Waals surface area contributed by atoms with Crippen molar-refractivity contribution in [1.29, 1.82) is 0 Å². The normalized spacial score (nSPS) is 10.3. The zero-order valence-corrected chi connectivity index (χ0v) is 12.8. The average Bonchev–Trinajstić information content (AvgIpc) is 2.98. The number of hydrogen-bond acceptors (Lipinski definition) is 8. The first-order chi connectivity index (χ1) is 11.2. The molecule has 2 aromatic heterocycles. The Kier molecular flexibility index (Phi) is 4.32. The van der Waals surface area contributed by atoms with Gasteiger partial charge in [-0.15, -0.1) is 5.10 Å². The van der Waals surface area contributed by atoms with Crippen LogP contribution in [-0.4, -0.2) is 27.4 Å². The van der Waals surface area contributed by atoms with Gasteiger partial charge in [-0.2, -0.15) is 10.1 Å². The number of methoxy groups -OCH3 is 1. The van der Waals surface area contributed by atoms with Gasteiger partial charge in [0, 0.05) is 18.2 Å². The third-order valence-electron chi connectivity index (χ3n) is 3.07. The van der Waals surface area contributed by atoms with Crippen LogP contribution in [0.4, 0.5) is 17.6 Å². The first-order valence-corrected chi connectivity index (χ1v) is 7.00. The molecule has 0 aliphatic rings. The summed E-state index contributed by atoms with van der Waals surface area (Å²) < 4.78 is 10.3. The standard InChI is InChI=1S/C15H16N6O2/c1-10-7-13(21-23-10)18-14-9-17-20-15(19-14)16-8-11-5-3-4-6-12(11)22-2/h3-7,9H,8H2,1-2H3,(H2,16,18,19,20,21). The number of benzene rings is 1. The van der Waals surface area contributed by atoms with Crippen molar-refractivity contribution >= 4 is 17.6 Å². The van der Waals surface area contributed by atoms with E-state index in [9.17, 15) is 0 Å². The van der Waals surface area contributed by atoms with Crippen molar-refractivity contribution in [1.82, 2.24) is 20.3 Å². The summed E-state index contributed by atoms with van der Waals surface area (Å²) in [7, 11) is 1.64. The van der Waals surface area contributed by atoms with Gasteiger partial charge in [-0.05, 0) is 13.0 Å². The Bertz CT molecular complexity index is 789. The molecule has 0 atom stereocenters. The van der Waals surface area contributed by atoms with Crippen LogP contribution < -0.4 is 15.4 Å². The quantitative estimate of drug-likeness (QED) is 0.716. The number of nitrogens with zero attached hydrogens (tertiary/aromatic N) is 4. The van der Waals surface area contributed by atoms with Crippen molar-refractivity contribution in [3.8, 4) is 5.75 Å². The fraction of sp³-hybridized carbons (Fsp3) is 0.200. The molecule has 8 heteroatoms. The maximum absolute atomic E-state index is 5.31. The molecule has 23 heavy (non-hydrogen) atoms. The monoisotopic (exact) mass is 312 g/mol. The van der Waals surface area contributed by atoms with E-state index in [1.807, 2.05) is 31.2 Å². The molecule has 2 N–H and O–H groups in total. The first-order valence-electron chi connectivity index (χ1n) is 7.00. The Morgan fingerprint density at radius 2 is 2.09 bits per heavy atom. The molecule has 0 spiro atoms. The molecular weight excluding hydrogens is 296 g/mol. The topological polar surface area (TPSA) is 98.0 Å². The van der Waals surface area contributed by atoms with Crippen LogP contribution in [0.1, 0.15) is 11.3 Å². The maximum atomic E-state index is 5.31. The Labute approximate surface area is 132 Å². The molecule has 0 saturated heterocycles. The van der Waals surface area contributed by atoms with E-state index in [4.69, 9.17) is 9.26 Å². The largest absolute Gasteiger partial charge is 0.496 e.